The fraction of sp³-hybridized carbons (Fsp3) is 0.227. The molecule has 0 saturated carbocycles. The van der Waals surface area contributed by atoms with Gasteiger partial charge in [0.25, 0.3) is 0 Å². The quantitative estimate of drug-likeness (QED) is 0.213. The molecule has 18 heteroatoms. The van der Waals surface area contributed by atoms with Gasteiger partial charge in [0.2, 0.25) is 23.6 Å². The lowest BCUT2D eigenvalue weighted by atomic mass is 9.89. The van der Waals surface area contributed by atoms with Crippen LogP contribution in [0.5, 0.6) is 0 Å². The molecular formula is C44H32F6N6O6. The molecule has 4 aliphatic heterocycles. The van der Waals surface area contributed by atoms with Crippen molar-refractivity contribution in [1.29, 1.82) is 0 Å². The van der Waals surface area contributed by atoms with E-state index in [0.717, 1.165) is 34.1 Å². The molecule has 4 heterocycles. The third kappa shape index (κ3) is 7.66. The predicted molar refractivity (Wildman–Crippen MR) is 209 cm³/mol. The molecule has 12 nitrogen and oxygen atoms in total. The topological polar surface area (TPSA) is 139 Å². The minimum atomic E-state index is -1.42. The summed E-state index contributed by atoms with van der Waals surface area (Å²) in [7, 11) is 0. The van der Waals surface area contributed by atoms with Gasteiger partial charge in [-0.1, -0.05) is 47.9 Å². The number of imide groups is 2. The Kier molecular flexibility index (Phi) is 11.3. The second-order valence-corrected chi connectivity index (χ2v) is 14.8. The van der Waals surface area contributed by atoms with Gasteiger partial charge in [-0.2, -0.15) is 0 Å². The number of rotatable bonds is 2. The number of urea groups is 2. The summed E-state index contributed by atoms with van der Waals surface area (Å²) in [6, 6.07) is 12.9. The number of carbonyl (C=O) groups is 6. The molecule has 2 atom stereocenters. The van der Waals surface area contributed by atoms with E-state index in [1.807, 2.05) is 0 Å². The number of halogens is 6. The Bertz CT molecular complexity index is 2510. The van der Waals surface area contributed by atoms with Gasteiger partial charge in [0, 0.05) is 37.3 Å². The Morgan fingerprint density at radius 2 is 0.839 bits per heavy atom. The van der Waals surface area contributed by atoms with E-state index in [4.69, 9.17) is 0 Å². The summed E-state index contributed by atoms with van der Waals surface area (Å²) in [5.41, 5.74) is -4.59. The van der Waals surface area contributed by atoms with Crippen LogP contribution in [0.2, 0.25) is 0 Å². The maximum Gasteiger partial charge on any atom is 0.332 e. The summed E-state index contributed by atoms with van der Waals surface area (Å²) in [5, 5.41) is 5.17. The number of hydrogen-bond donors (Lipinski definition) is 2. The minimum absolute atomic E-state index is 0.0523. The molecule has 0 spiro atoms. The molecule has 62 heavy (non-hydrogen) atoms. The summed E-state index contributed by atoms with van der Waals surface area (Å²) >= 11 is 0. The molecule has 0 unspecified atom stereocenters. The molecule has 4 aliphatic rings. The first-order valence-electron chi connectivity index (χ1n) is 18.8. The zero-order valence-corrected chi connectivity index (χ0v) is 32.7. The van der Waals surface area contributed by atoms with Gasteiger partial charge in [-0.05, 0) is 62.4 Å². The molecule has 0 aliphatic carbocycles. The van der Waals surface area contributed by atoms with Crippen molar-refractivity contribution in [3.8, 4) is 23.7 Å². The van der Waals surface area contributed by atoms with Crippen LogP contribution in [-0.4, -0.2) is 82.7 Å². The minimum Gasteiger partial charge on any atom is -0.352 e. The average Bonchev–Trinajstić information content (AvgIpc) is 3.21. The van der Waals surface area contributed by atoms with Crippen LogP contribution in [0.3, 0.4) is 0 Å². The summed E-state index contributed by atoms with van der Waals surface area (Å²) in [6.07, 6.45) is -0.837. The zero-order chi connectivity index (χ0) is 44.7. The van der Waals surface area contributed by atoms with E-state index in [1.165, 1.54) is 50.2 Å². The molecule has 0 bridgehead atoms. The van der Waals surface area contributed by atoms with Crippen LogP contribution in [0.4, 0.5) is 47.3 Å². The lowest BCUT2D eigenvalue weighted by molar-refractivity contribution is -0.140. The van der Waals surface area contributed by atoms with Crippen molar-refractivity contribution < 1.29 is 55.1 Å². The van der Waals surface area contributed by atoms with Gasteiger partial charge in [0.1, 0.15) is 34.1 Å². The Hall–Kier alpha value is -7.60. The number of hydrogen-bond acceptors (Lipinski definition) is 6. The number of carbonyl (C=O) groups excluding carboxylic acids is 6. The smallest absolute Gasteiger partial charge is 0.332 e. The van der Waals surface area contributed by atoms with Crippen LogP contribution in [0, 0.1) is 58.6 Å². The van der Waals surface area contributed by atoms with Crippen molar-refractivity contribution in [2.75, 3.05) is 36.0 Å². The van der Waals surface area contributed by atoms with Crippen molar-refractivity contribution >= 4 is 47.1 Å². The van der Waals surface area contributed by atoms with Crippen molar-refractivity contribution in [2.45, 2.75) is 37.8 Å². The van der Waals surface area contributed by atoms with E-state index in [2.05, 4.69) is 34.3 Å². The monoisotopic (exact) mass is 854 g/mol. The van der Waals surface area contributed by atoms with Crippen LogP contribution in [0.1, 0.15) is 48.9 Å². The Balaban J connectivity index is 0.000000186. The van der Waals surface area contributed by atoms with Gasteiger partial charge < -0.3 is 20.4 Å². The van der Waals surface area contributed by atoms with Crippen LogP contribution >= 0.6 is 0 Å². The van der Waals surface area contributed by atoms with Crippen molar-refractivity contribution in [1.82, 2.24) is 20.4 Å². The second kappa shape index (κ2) is 16.5. The molecule has 4 fully saturated rings. The number of benzene rings is 4. The molecule has 8 rings (SSSR count). The van der Waals surface area contributed by atoms with Crippen LogP contribution in [0.15, 0.2) is 72.8 Å². The summed E-state index contributed by atoms with van der Waals surface area (Å²) in [5.74, 6) is 1.26. The van der Waals surface area contributed by atoms with E-state index in [1.54, 1.807) is 12.1 Å². The first-order valence-corrected chi connectivity index (χ1v) is 18.8. The summed E-state index contributed by atoms with van der Waals surface area (Å²) in [4.78, 5) is 78.6. The van der Waals surface area contributed by atoms with E-state index >= 15 is 0 Å². The van der Waals surface area contributed by atoms with E-state index in [9.17, 15) is 55.1 Å². The molecule has 8 amide bonds. The number of fused-ring (bicyclic) bond motifs is 2. The van der Waals surface area contributed by atoms with Crippen molar-refractivity contribution in [3.05, 3.63) is 130 Å². The fourth-order valence-corrected chi connectivity index (χ4v) is 7.40. The van der Waals surface area contributed by atoms with E-state index in [0.29, 0.717) is 9.80 Å². The lowest BCUT2D eigenvalue weighted by Crippen LogP contribution is -2.72. The van der Waals surface area contributed by atoms with Gasteiger partial charge in [-0.25, -0.2) is 45.7 Å². The SMILES string of the molecule is C[C@@]12CC(=O)N(c3c(F)cc(C#Cc4ccccc4F)cc3F)C(=O)N1CCNC2=O.C[C@]12CC(=O)N(c3c(F)cc(C#Cc4ccccc4F)cc3F)C(=O)N1CCNC2=O. The molecule has 0 aromatic heterocycles. The lowest BCUT2D eigenvalue weighted by Gasteiger charge is -2.48. The van der Waals surface area contributed by atoms with E-state index in [-0.39, 0.29) is 48.4 Å². The van der Waals surface area contributed by atoms with Gasteiger partial charge >= 0.3 is 12.1 Å². The Labute approximate surface area is 349 Å². The third-order valence-corrected chi connectivity index (χ3v) is 10.7. The number of piperazine rings is 2. The number of nitrogens with zero attached hydrogens (tertiary/aromatic N) is 4. The first kappa shape index (κ1) is 42.5. The zero-order valence-electron chi connectivity index (χ0n) is 32.7. The number of anilines is 2. The maximum absolute atomic E-state index is 14.8. The number of amides is 8. The fourth-order valence-electron chi connectivity index (χ4n) is 7.40. The van der Waals surface area contributed by atoms with Gasteiger partial charge in [-0.3, -0.25) is 19.2 Å². The average molecular weight is 855 g/mol. The highest BCUT2D eigenvalue weighted by Gasteiger charge is 2.55. The molecule has 4 aromatic rings. The van der Waals surface area contributed by atoms with Crippen LogP contribution in [-0.2, 0) is 19.2 Å². The highest BCUT2D eigenvalue weighted by Crippen LogP contribution is 2.37. The van der Waals surface area contributed by atoms with Gasteiger partial charge in [0.15, 0.2) is 23.3 Å². The number of nitrogens with one attached hydrogen (secondary N) is 2. The van der Waals surface area contributed by atoms with Gasteiger partial charge in [0.05, 0.1) is 24.0 Å². The summed E-state index contributed by atoms with van der Waals surface area (Å²) in [6.45, 7) is 3.39. The maximum atomic E-state index is 14.8. The highest BCUT2D eigenvalue weighted by molar-refractivity contribution is 6.20. The second-order valence-electron chi connectivity index (χ2n) is 14.8. The highest BCUT2D eigenvalue weighted by atomic mass is 19.2. The van der Waals surface area contributed by atoms with Gasteiger partial charge in [-0.15, -0.1) is 0 Å². The van der Waals surface area contributed by atoms with E-state index < -0.39 is 106 Å². The molecule has 4 aromatic carbocycles. The summed E-state index contributed by atoms with van der Waals surface area (Å²) < 4.78 is 86.6. The Morgan fingerprint density at radius 1 is 0.500 bits per heavy atom. The normalized spacial score (nSPS) is 20.7. The molecular weight excluding hydrogens is 823 g/mol. The first-order chi connectivity index (χ1) is 29.4. The molecule has 0 radical (unpaired) electrons. The predicted octanol–water partition coefficient (Wildman–Crippen LogP) is 5.10. The molecule has 4 saturated heterocycles. The van der Waals surface area contributed by atoms with Crippen LogP contribution < -0.4 is 20.4 Å². The molecule has 2 N–H and O–H groups in total. The standard InChI is InChI=1S/2C22H16F3N3O3/c2*1-22-12-18(29)28(21(31)27(22)9-8-26-20(22)30)19-16(24)10-13(11-17(19)25)6-7-14-4-2-3-5-15(14)23/h2*2-5,10-11H,8-9,12H2,1H3,(H,26,30)/t2*22-/m10/s1. The molecule has 316 valence electrons. The van der Waals surface area contributed by atoms with Crippen molar-refractivity contribution in [2.24, 2.45) is 0 Å². The van der Waals surface area contributed by atoms with Crippen LogP contribution in [0.25, 0.3) is 0 Å². The largest absolute Gasteiger partial charge is 0.352 e. The third-order valence-electron chi connectivity index (χ3n) is 10.7. The Morgan fingerprint density at radius 3 is 1.18 bits per heavy atom. The van der Waals surface area contributed by atoms with Crippen molar-refractivity contribution in [3.63, 3.8) is 0 Å².